The molecular formula is C14H16FN3O2. The van der Waals surface area contributed by atoms with Crippen LogP contribution in [0.5, 0.6) is 0 Å². The molecule has 0 bridgehead atoms. The molecule has 20 heavy (non-hydrogen) atoms. The molecule has 0 unspecified atom stereocenters. The molecule has 0 amide bonds. The van der Waals surface area contributed by atoms with E-state index in [0.29, 0.717) is 18.5 Å². The molecule has 0 radical (unpaired) electrons. The number of carbonyl (C=O) groups is 1. The summed E-state index contributed by atoms with van der Waals surface area (Å²) in [5, 5.41) is 13.3. The number of hydrogen-bond donors (Lipinski definition) is 1. The molecule has 5 nitrogen and oxygen atoms in total. The van der Waals surface area contributed by atoms with E-state index in [-0.39, 0.29) is 5.56 Å². The first kappa shape index (κ1) is 14.2. The lowest BCUT2D eigenvalue weighted by atomic mass is 10.1. The molecule has 0 fully saturated rings. The molecule has 0 atom stereocenters. The second-order valence-corrected chi connectivity index (χ2v) is 4.46. The van der Waals surface area contributed by atoms with Gasteiger partial charge in [-0.05, 0) is 23.8 Å². The van der Waals surface area contributed by atoms with Crippen LogP contribution in [0.3, 0.4) is 0 Å². The highest BCUT2D eigenvalue weighted by Crippen LogP contribution is 2.12. The summed E-state index contributed by atoms with van der Waals surface area (Å²) < 4.78 is 15.1. The van der Waals surface area contributed by atoms with Crippen LogP contribution in [-0.4, -0.2) is 25.8 Å². The number of aromatic carboxylic acids is 1. The lowest BCUT2D eigenvalue weighted by Gasteiger charge is -2.06. The van der Waals surface area contributed by atoms with Crippen molar-refractivity contribution in [2.45, 2.75) is 33.2 Å². The van der Waals surface area contributed by atoms with Gasteiger partial charge in [0.2, 0.25) is 0 Å². The van der Waals surface area contributed by atoms with Crippen LogP contribution >= 0.6 is 0 Å². The maximum atomic E-state index is 13.4. The number of aromatic nitrogens is 3. The zero-order chi connectivity index (χ0) is 14.7. The first-order valence-corrected chi connectivity index (χ1v) is 6.48. The third-order valence-corrected chi connectivity index (χ3v) is 2.96. The zero-order valence-corrected chi connectivity index (χ0v) is 11.4. The van der Waals surface area contributed by atoms with Crippen LogP contribution in [-0.2, 0) is 19.4 Å². The van der Waals surface area contributed by atoms with Gasteiger partial charge in [0.05, 0.1) is 12.1 Å². The van der Waals surface area contributed by atoms with Gasteiger partial charge < -0.3 is 5.11 Å². The van der Waals surface area contributed by atoms with Crippen molar-refractivity contribution in [3.8, 4) is 0 Å². The highest BCUT2D eigenvalue weighted by molar-refractivity contribution is 5.87. The minimum Gasteiger partial charge on any atom is -0.478 e. The van der Waals surface area contributed by atoms with Gasteiger partial charge in [0.25, 0.3) is 0 Å². The Labute approximate surface area is 116 Å². The van der Waals surface area contributed by atoms with Crippen LogP contribution in [0.4, 0.5) is 4.39 Å². The van der Waals surface area contributed by atoms with Crippen molar-refractivity contribution >= 4 is 5.97 Å². The molecule has 2 aromatic rings. The molecule has 1 heterocycles. The lowest BCUT2D eigenvalue weighted by molar-refractivity contribution is 0.0696. The van der Waals surface area contributed by atoms with Gasteiger partial charge >= 0.3 is 5.97 Å². The highest BCUT2D eigenvalue weighted by Gasteiger charge is 2.11. The Kier molecular flexibility index (Phi) is 4.12. The number of hydrogen-bond acceptors (Lipinski definition) is 3. The molecule has 0 aliphatic heterocycles. The monoisotopic (exact) mass is 277 g/mol. The van der Waals surface area contributed by atoms with Gasteiger partial charge in [-0.2, -0.15) is 5.10 Å². The van der Waals surface area contributed by atoms with Gasteiger partial charge in [-0.1, -0.05) is 13.8 Å². The number of aryl methyl sites for hydroxylation is 2. The maximum Gasteiger partial charge on any atom is 0.335 e. The standard InChI is InChI=1S/C14H16FN3O2/c1-3-12-16-13(4-2)18(17-12)8-9-5-10(14(19)20)7-11(15)6-9/h5-7H,3-4,8H2,1-2H3,(H,19,20). The molecule has 6 heteroatoms. The van der Waals surface area contributed by atoms with Crippen LogP contribution in [0.1, 0.15) is 41.4 Å². The van der Waals surface area contributed by atoms with E-state index in [1.165, 1.54) is 12.1 Å². The maximum absolute atomic E-state index is 13.4. The first-order valence-electron chi connectivity index (χ1n) is 6.48. The summed E-state index contributed by atoms with van der Waals surface area (Å²) in [6.07, 6.45) is 1.44. The number of carboxylic acids is 1. The molecule has 0 spiro atoms. The molecule has 0 saturated heterocycles. The number of halogens is 1. The van der Waals surface area contributed by atoms with Crippen LogP contribution in [0.2, 0.25) is 0 Å². The van der Waals surface area contributed by atoms with Crippen molar-refractivity contribution in [3.05, 3.63) is 46.8 Å². The quantitative estimate of drug-likeness (QED) is 0.910. The fourth-order valence-electron chi connectivity index (χ4n) is 2.00. The van der Waals surface area contributed by atoms with E-state index in [0.717, 1.165) is 24.1 Å². The van der Waals surface area contributed by atoms with Crippen LogP contribution in [0, 0.1) is 5.82 Å². The summed E-state index contributed by atoms with van der Waals surface area (Å²) in [6.45, 7) is 4.24. The summed E-state index contributed by atoms with van der Waals surface area (Å²) in [5.41, 5.74) is 0.499. The van der Waals surface area contributed by atoms with Gasteiger partial charge in [0.15, 0.2) is 5.82 Å². The Hall–Kier alpha value is -2.24. The third-order valence-electron chi connectivity index (χ3n) is 2.96. The molecule has 1 aromatic carbocycles. The van der Waals surface area contributed by atoms with Gasteiger partial charge in [0, 0.05) is 12.8 Å². The first-order chi connectivity index (χ1) is 9.53. The highest BCUT2D eigenvalue weighted by atomic mass is 19.1. The lowest BCUT2D eigenvalue weighted by Crippen LogP contribution is -2.08. The van der Waals surface area contributed by atoms with Crippen molar-refractivity contribution in [2.24, 2.45) is 0 Å². The van der Waals surface area contributed by atoms with E-state index in [2.05, 4.69) is 10.1 Å². The van der Waals surface area contributed by atoms with E-state index < -0.39 is 11.8 Å². The molecule has 0 aliphatic rings. The SMILES string of the molecule is CCc1nc(CC)n(Cc2cc(F)cc(C(=O)O)c2)n1. The van der Waals surface area contributed by atoms with Crippen molar-refractivity contribution in [3.63, 3.8) is 0 Å². The average Bonchev–Trinajstić information content (AvgIpc) is 2.80. The Morgan fingerprint density at radius 3 is 2.65 bits per heavy atom. The van der Waals surface area contributed by atoms with E-state index in [1.54, 1.807) is 4.68 Å². The number of rotatable bonds is 5. The predicted octanol–water partition coefficient (Wildman–Crippen LogP) is 2.29. The summed E-state index contributed by atoms with van der Waals surface area (Å²) in [4.78, 5) is 15.3. The normalized spacial score (nSPS) is 10.8. The topological polar surface area (TPSA) is 68.0 Å². The zero-order valence-electron chi connectivity index (χ0n) is 11.4. The molecule has 1 N–H and O–H groups in total. The van der Waals surface area contributed by atoms with Crippen molar-refractivity contribution < 1.29 is 14.3 Å². The van der Waals surface area contributed by atoms with Gasteiger partial charge in [0.1, 0.15) is 11.6 Å². The average molecular weight is 277 g/mol. The second-order valence-electron chi connectivity index (χ2n) is 4.46. The molecule has 1 aromatic heterocycles. The molecule has 0 aliphatic carbocycles. The predicted molar refractivity (Wildman–Crippen MR) is 71.2 cm³/mol. The third kappa shape index (κ3) is 3.01. The fraction of sp³-hybridized carbons (Fsp3) is 0.357. The van der Waals surface area contributed by atoms with E-state index in [4.69, 9.17) is 5.11 Å². The van der Waals surface area contributed by atoms with Gasteiger partial charge in [-0.3, -0.25) is 0 Å². The van der Waals surface area contributed by atoms with E-state index in [9.17, 15) is 9.18 Å². The van der Waals surface area contributed by atoms with E-state index >= 15 is 0 Å². The smallest absolute Gasteiger partial charge is 0.335 e. The number of carboxylic acid groups (broad SMARTS) is 1. The second kappa shape index (κ2) is 5.81. The number of benzene rings is 1. The Morgan fingerprint density at radius 1 is 1.30 bits per heavy atom. The summed E-state index contributed by atoms with van der Waals surface area (Å²) in [5.74, 6) is -0.164. The molecule has 2 rings (SSSR count). The Balaban J connectivity index is 2.34. The largest absolute Gasteiger partial charge is 0.478 e. The summed E-state index contributed by atoms with van der Waals surface area (Å²) >= 11 is 0. The van der Waals surface area contributed by atoms with E-state index in [1.807, 2.05) is 13.8 Å². The van der Waals surface area contributed by atoms with Gasteiger partial charge in [-0.25, -0.2) is 18.9 Å². The number of nitrogens with zero attached hydrogens (tertiary/aromatic N) is 3. The minimum absolute atomic E-state index is 0.0612. The summed E-state index contributed by atoms with van der Waals surface area (Å²) in [6, 6.07) is 3.78. The Morgan fingerprint density at radius 2 is 2.05 bits per heavy atom. The van der Waals surface area contributed by atoms with Crippen LogP contribution in [0.15, 0.2) is 18.2 Å². The fourth-order valence-corrected chi connectivity index (χ4v) is 2.00. The molecule has 0 saturated carbocycles. The summed E-state index contributed by atoms with van der Waals surface area (Å²) in [7, 11) is 0. The molecule has 106 valence electrons. The van der Waals surface area contributed by atoms with Gasteiger partial charge in [-0.15, -0.1) is 0 Å². The Bertz CT molecular complexity index is 637. The van der Waals surface area contributed by atoms with Crippen LogP contribution in [0.25, 0.3) is 0 Å². The van der Waals surface area contributed by atoms with Crippen molar-refractivity contribution in [2.75, 3.05) is 0 Å². The van der Waals surface area contributed by atoms with Crippen molar-refractivity contribution in [1.29, 1.82) is 0 Å². The van der Waals surface area contributed by atoms with Crippen molar-refractivity contribution in [1.82, 2.24) is 14.8 Å². The molecular weight excluding hydrogens is 261 g/mol. The van der Waals surface area contributed by atoms with Crippen LogP contribution < -0.4 is 0 Å². The minimum atomic E-state index is -1.14.